The van der Waals surface area contributed by atoms with Crippen LogP contribution in [0.5, 0.6) is 5.75 Å². The maximum Gasteiger partial charge on any atom is 0.573 e. The van der Waals surface area contributed by atoms with Gasteiger partial charge in [0, 0.05) is 26.1 Å². The lowest BCUT2D eigenvalue weighted by Crippen LogP contribution is -2.33. The Hall–Kier alpha value is -2.09. The Kier molecular flexibility index (Phi) is 4.25. The SMILES string of the molecule is CCc1nnc2n1CCN(Cc1ccc(OC(F)(F)F)cc1)C2. The molecule has 0 saturated heterocycles. The van der Waals surface area contributed by atoms with Gasteiger partial charge in [-0.1, -0.05) is 19.1 Å². The Bertz CT molecular complexity index is 666. The van der Waals surface area contributed by atoms with Crippen molar-refractivity contribution in [1.82, 2.24) is 19.7 Å². The van der Waals surface area contributed by atoms with Gasteiger partial charge in [-0.2, -0.15) is 0 Å². The molecule has 8 heteroatoms. The first-order valence-corrected chi connectivity index (χ1v) is 7.42. The molecule has 0 spiro atoms. The highest BCUT2D eigenvalue weighted by Crippen LogP contribution is 2.23. The molecular weight excluding hydrogens is 309 g/mol. The topological polar surface area (TPSA) is 43.2 Å². The van der Waals surface area contributed by atoms with Crippen molar-refractivity contribution in [2.75, 3.05) is 6.54 Å². The summed E-state index contributed by atoms with van der Waals surface area (Å²) in [5.41, 5.74) is 0.934. The monoisotopic (exact) mass is 326 g/mol. The molecule has 0 aliphatic carbocycles. The van der Waals surface area contributed by atoms with Crippen LogP contribution in [0.3, 0.4) is 0 Å². The van der Waals surface area contributed by atoms with Crippen LogP contribution in [0.1, 0.15) is 24.1 Å². The third-order valence-electron chi connectivity index (χ3n) is 3.79. The van der Waals surface area contributed by atoms with Gasteiger partial charge in [0.25, 0.3) is 0 Å². The summed E-state index contributed by atoms with van der Waals surface area (Å²) >= 11 is 0. The van der Waals surface area contributed by atoms with Crippen LogP contribution in [-0.2, 0) is 26.1 Å². The molecule has 0 unspecified atom stereocenters. The predicted molar refractivity (Wildman–Crippen MR) is 76.6 cm³/mol. The van der Waals surface area contributed by atoms with Crippen molar-refractivity contribution in [3.05, 3.63) is 41.5 Å². The minimum atomic E-state index is -4.66. The second-order valence-electron chi connectivity index (χ2n) is 5.44. The van der Waals surface area contributed by atoms with Gasteiger partial charge in [-0.05, 0) is 17.7 Å². The lowest BCUT2D eigenvalue weighted by molar-refractivity contribution is -0.274. The number of aryl methyl sites for hydroxylation is 1. The lowest BCUT2D eigenvalue weighted by atomic mass is 10.2. The van der Waals surface area contributed by atoms with Crippen molar-refractivity contribution in [1.29, 1.82) is 0 Å². The van der Waals surface area contributed by atoms with E-state index in [1.54, 1.807) is 12.1 Å². The van der Waals surface area contributed by atoms with Crippen molar-refractivity contribution in [2.45, 2.75) is 39.3 Å². The Labute approximate surface area is 131 Å². The van der Waals surface area contributed by atoms with E-state index in [4.69, 9.17) is 0 Å². The highest BCUT2D eigenvalue weighted by Gasteiger charge is 2.31. The number of fused-ring (bicyclic) bond motifs is 1. The molecule has 23 heavy (non-hydrogen) atoms. The number of hydrogen-bond acceptors (Lipinski definition) is 4. The van der Waals surface area contributed by atoms with Gasteiger partial charge in [0.1, 0.15) is 17.4 Å². The molecule has 0 radical (unpaired) electrons. The summed E-state index contributed by atoms with van der Waals surface area (Å²) in [6, 6.07) is 5.98. The Morgan fingerprint density at radius 2 is 1.87 bits per heavy atom. The fraction of sp³-hybridized carbons (Fsp3) is 0.467. The molecule has 0 fully saturated rings. The zero-order valence-corrected chi connectivity index (χ0v) is 12.7. The van der Waals surface area contributed by atoms with E-state index >= 15 is 0 Å². The van der Waals surface area contributed by atoms with E-state index in [-0.39, 0.29) is 5.75 Å². The summed E-state index contributed by atoms with van der Waals surface area (Å²) in [7, 11) is 0. The number of benzene rings is 1. The average molecular weight is 326 g/mol. The van der Waals surface area contributed by atoms with Crippen molar-refractivity contribution >= 4 is 0 Å². The van der Waals surface area contributed by atoms with Crippen molar-refractivity contribution in [3.63, 3.8) is 0 Å². The maximum absolute atomic E-state index is 12.1. The minimum Gasteiger partial charge on any atom is -0.406 e. The van der Waals surface area contributed by atoms with Gasteiger partial charge in [0.05, 0.1) is 6.54 Å². The Morgan fingerprint density at radius 3 is 2.52 bits per heavy atom. The van der Waals surface area contributed by atoms with Gasteiger partial charge < -0.3 is 9.30 Å². The molecule has 5 nitrogen and oxygen atoms in total. The van der Waals surface area contributed by atoms with E-state index in [0.29, 0.717) is 13.1 Å². The van der Waals surface area contributed by atoms with E-state index in [2.05, 4.69) is 24.4 Å². The fourth-order valence-electron chi connectivity index (χ4n) is 2.72. The van der Waals surface area contributed by atoms with E-state index in [0.717, 1.165) is 36.7 Å². The summed E-state index contributed by atoms with van der Waals surface area (Å²) in [6.07, 6.45) is -3.80. The van der Waals surface area contributed by atoms with E-state index in [9.17, 15) is 13.2 Å². The predicted octanol–water partition coefficient (Wildman–Crippen LogP) is 2.75. The Morgan fingerprint density at radius 1 is 1.13 bits per heavy atom. The molecule has 0 N–H and O–H groups in total. The molecule has 1 aliphatic rings. The second-order valence-corrected chi connectivity index (χ2v) is 5.44. The van der Waals surface area contributed by atoms with Crippen LogP contribution < -0.4 is 4.74 Å². The zero-order valence-electron chi connectivity index (χ0n) is 12.7. The molecule has 1 aromatic heterocycles. The molecule has 0 amide bonds. The van der Waals surface area contributed by atoms with Crippen LogP contribution in [-0.4, -0.2) is 32.6 Å². The molecular formula is C15H17F3N4O. The normalized spacial score (nSPS) is 15.5. The summed E-state index contributed by atoms with van der Waals surface area (Å²) in [6.45, 7) is 5.09. The summed E-state index contributed by atoms with van der Waals surface area (Å²) in [5, 5.41) is 8.37. The molecule has 0 atom stereocenters. The third-order valence-corrected chi connectivity index (χ3v) is 3.79. The number of ether oxygens (including phenoxy) is 1. The maximum atomic E-state index is 12.1. The zero-order chi connectivity index (χ0) is 16.4. The third kappa shape index (κ3) is 3.82. The quantitative estimate of drug-likeness (QED) is 0.866. The lowest BCUT2D eigenvalue weighted by Gasteiger charge is -2.27. The molecule has 0 bridgehead atoms. The van der Waals surface area contributed by atoms with Gasteiger partial charge in [0.15, 0.2) is 0 Å². The summed E-state index contributed by atoms with van der Waals surface area (Å²) < 4.78 is 42.4. The van der Waals surface area contributed by atoms with Crippen molar-refractivity contribution in [2.24, 2.45) is 0 Å². The first-order valence-electron chi connectivity index (χ1n) is 7.42. The highest BCUT2D eigenvalue weighted by molar-refractivity contribution is 5.27. The van der Waals surface area contributed by atoms with E-state index < -0.39 is 6.36 Å². The number of aromatic nitrogens is 3. The van der Waals surface area contributed by atoms with E-state index in [1.165, 1.54) is 12.1 Å². The van der Waals surface area contributed by atoms with Gasteiger partial charge in [-0.25, -0.2) is 0 Å². The highest BCUT2D eigenvalue weighted by atomic mass is 19.4. The first-order chi connectivity index (χ1) is 10.9. The number of rotatable bonds is 4. The number of halogens is 3. The number of hydrogen-bond donors (Lipinski definition) is 0. The van der Waals surface area contributed by atoms with Crippen molar-refractivity contribution in [3.8, 4) is 5.75 Å². The molecule has 1 aromatic carbocycles. The van der Waals surface area contributed by atoms with Gasteiger partial charge >= 0.3 is 6.36 Å². The molecule has 2 aromatic rings. The average Bonchev–Trinajstić information content (AvgIpc) is 2.90. The van der Waals surface area contributed by atoms with Crippen LogP contribution >= 0.6 is 0 Å². The molecule has 0 saturated carbocycles. The number of alkyl halides is 3. The van der Waals surface area contributed by atoms with Crippen LogP contribution in [0.15, 0.2) is 24.3 Å². The first kappa shape index (κ1) is 15.8. The Balaban J connectivity index is 1.62. The van der Waals surface area contributed by atoms with Gasteiger partial charge in [-0.3, -0.25) is 4.90 Å². The van der Waals surface area contributed by atoms with Crippen LogP contribution in [0.2, 0.25) is 0 Å². The standard InChI is InChI=1S/C15H17F3N4O/c1-2-13-19-20-14-10-21(7-8-22(13)14)9-11-3-5-12(6-4-11)23-15(16,17)18/h3-6H,2,7-10H2,1H3. The van der Waals surface area contributed by atoms with Crippen LogP contribution in [0, 0.1) is 0 Å². The molecule has 2 heterocycles. The minimum absolute atomic E-state index is 0.202. The van der Waals surface area contributed by atoms with Crippen LogP contribution in [0.25, 0.3) is 0 Å². The van der Waals surface area contributed by atoms with Gasteiger partial charge in [-0.15, -0.1) is 23.4 Å². The summed E-state index contributed by atoms with van der Waals surface area (Å²) in [4.78, 5) is 2.20. The molecule has 124 valence electrons. The molecule has 1 aliphatic heterocycles. The largest absolute Gasteiger partial charge is 0.573 e. The van der Waals surface area contributed by atoms with Gasteiger partial charge in [0.2, 0.25) is 0 Å². The summed E-state index contributed by atoms with van der Waals surface area (Å²) in [5.74, 6) is 1.73. The molecule has 3 rings (SSSR count). The van der Waals surface area contributed by atoms with E-state index in [1.807, 2.05) is 6.92 Å². The van der Waals surface area contributed by atoms with Crippen molar-refractivity contribution < 1.29 is 17.9 Å². The second kappa shape index (κ2) is 6.19. The smallest absolute Gasteiger partial charge is 0.406 e. The van der Waals surface area contributed by atoms with Crippen LogP contribution in [0.4, 0.5) is 13.2 Å². The number of nitrogens with zero attached hydrogens (tertiary/aromatic N) is 4. The fourth-order valence-corrected chi connectivity index (χ4v) is 2.72.